The lowest BCUT2D eigenvalue weighted by Gasteiger charge is -2.23. The van der Waals surface area contributed by atoms with E-state index in [1.165, 1.54) is 21.2 Å². The molecule has 0 bridgehead atoms. The number of hydrogen-bond acceptors (Lipinski definition) is 6. The number of hydrogen-bond donors (Lipinski definition) is 1. The fourth-order valence-corrected chi connectivity index (χ4v) is 6.04. The van der Waals surface area contributed by atoms with Gasteiger partial charge in [0, 0.05) is 35.4 Å². The van der Waals surface area contributed by atoms with Gasteiger partial charge in [0.25, 0.3) is 5.56 Å². The third kappa shape index (κ3) is 3.83. The number of aromatic nitrogens is 4. The van der Waals surface area contributed by atoms with E-state index in [1.54, 1.807) is 28.6 Å². The second kappa shape index (κ2) is 8.50. The minimum absolute atomic E-state index is 0.0678. The third-order valence-electron chi connectivity index (χ3n) is 6.47. The van der Waals surface area contributed by atoms with E-state index in [1.807, 2.05) is 24.5 Å². The summed E-state index contributed by atoms with van der Waals surface area (Å²) < 4.78 is 1.76. The maximum Gasteiger partial charge on any atom is 0.262 e. The number of benzene rings is 2. The zero-order chi connectivity index (χ0) is 22.2. The average Bonchev–Trinajstić information content (AvgIpc) is 3.24. The molecule has 6 rings (SSSR count). The molecule has 164 valence electrons. The van der Waals surface area contributed by atoms with Crippen LogP contribution in [0.25, 0.3) is 21.0 Å². The molecule has 0 amide bonds. The van der Waals surface area contributed by atoms with Crippen molar-refractivity contribution >= 4 is 32.3 Å². The Balaban J connectivity index is 1.28. The molecule has 0 aliphatic heterocycles. The Bertz CT molecular complexity index is 1500. The number of rotatable bonds is 5. The molecule has 33 heavy (non-hydrogen) atoms. The molecule has 7 heteroatoms. The Labute approximate surface area is 195 Å². The van der Waals surface area contributed by atoms with E-state index in [9.17, 15) is 4.79 Å². The molecular weight excluding hydrogens is 430 g/mol. The van der Waals surface area contributed by atoms with E-state index < -0.39 is 0 Å². The van der Waals surface area contributed by atoms with E-state index >= 15 is 0 Å². The van der Waals surface area contributed by atoms with Gasteiger partial charge in [0.2, 0.25) is 0 Å². The molecule has 3 heterocycles. The maximum atomic E-state index is 13.5. The largest absolute Gasteiger partial charge is 0.309 e. The average molecular weight is 454 g/mol. The number of nitrogens with one attached hydrogen (secondary N) is 1. The zero-order valence-electron chi connectivity index (χ0n) is 18.1. The molecule has 1 aliphatic rings. The van der Waals surface area contributed by atoms with Crippen molar-refractivity contribution in [1.29, 1.82) is 0 Å². The first kappa shape index (κ1) is 20.2. The Hall–Kier alpha value is -3.42. The summed E-state index contributed by atoms with van der Waals surface area (Å²) in [7, 11) is 0. The molecule has 0 saturated carbocycles. The molecule has 2 aromatic carbocycles. The summed E-state index contributed by atoms with van der Waals surface area (Å²) in [6.07, 6.45) is 9.77. The summed E-state index contributed by atoms with van der Waals surface area (Å²) in [5.74, 6) is 0. The highest BCUT2D eigenvalue weighted by Crippen LogP contribution is 2.34. The monoisotopic (exact) mass is 453 g/mol. The molecular formula is C26H23N5OS. The second-order valence-corrected chi connectivity index (χ2v) is 9.65. The van der Waals surface area contributed by atoms with Crippen molar-refractivity contribution in [3.8, 4) is 0 Å². The molecule has 0 radical (unpaired) electrons. The van der Waals surface area contributed by atoms with E-state index in [-0.39, 0.29) is 5.56 Å². The van der Waals surface area contributed by atoms with Crippen LogP contribution in [0.5, 0.6) is 0 Å². The fourth-order valence-electron chi connectivity index (χ4n) is 4.79. The van der Waals surface area contributed by atoms with Crippen LogP contribution >= 0.6 is 11.3 Å². The van der Waals surface area contributed by atoms with Crippen LogP contribution in [0.1, 0.15) is 28.0 Å². The number of nitrogens with zero attached hydrogens (tertiary/aromatic N) is 4. The molecule has 0 saturated heterocycles. The van der Waals surface area contributed by atoms with E-state index in [0.717, 1.165) is 47.2 Å². The molecule has 3 aromatic heterocycles. The lowest BCUT2D eigenvalue weighted by Crippen LogP contribution is -2.34. The van der Waals surface area contributed by atoms with Crippen molar-refractivity contribution in [3.63, 3.8) is 0 Å². The first-order valence-corrected chi connectivity index (χ1v) is 12.0. The van der Waals surface area contributed by atoms with Crippen LogP contribution in [0.2, 0.25) is 0 Å². The highest BCUT2D eigenvalue weighted by Gasteiger charge is 2.25. The van der Waals surface area contributed by atoms with E-state index in [0.29, 0.717) is 12.6 Å². The number of fused-ring (bicyclic) bond motifs is 4. The van der Waals surface area contributed by atoms with Gasteiger partial charge in [-0.25, -0.2) is 15.0 Å². The smallest absolute Gasteiger partial charge is 0.262 e. The van der Waals surface area contributed by atoms with Crippen molar-refractivity contribution in [2.45, 2.75) is 38.4 Å². The van der Waals surface area contributed by atoms with Gasteiger partial charge in [-0.3, -0.25) is 9.36 Å². The molecule has 1 unspecified atom stereocenters. The molecule has 0 fully saturated rings. The first-order chi connectivity index (χ1) is 16.3. The zero-order valence-corrected chi connectivity index (χ0v) is 18.9. The molecule has 6 nitrogen and oxygen atoms in total. The Morgan fingerprint density at radius 2 is 1.94 bits per heavy atom. The predicted molar refractivity (Wildman–Crippen MR) is 132 cm³/mol. The van der Waals surface area contributed by atoms with Crippen LogP contribution in [0, 0.1) is 0 Å². The number of aryl methyl sites for hydroxylation is 1. The van der Waals surface area contributed by atoms with Crippen molar-refractivity contribution in [1.82, 2.24) is 24.8 Å². The van der Waals surface area contributed by atoms with Crippen molar-refractivity contribution < 1.29 is 0 Å². The van der Waals surface area contributed by atoms with Crippen LogP contribution < -0.4 is 10.9 Å². The van der Waals surface area contributed by atoms with Gasteiger partial charge in [-0.05, 0) is 41.2 Å². The Morgan fingerprint density at radius 1 is 1.09 bits per heavy atom. The second-order valence-electron chi connectivity index (χ2n) is 8.57. The van der Waals surface area contributed by atoms with Gasteiger partial charge in [-0.1, -0.05) is 42.5 Å². The Kier molecular flexibility index (Phi) is 5.20. The van der Waals surface area contributed by atoms with Crippen LogP contribution in [0.4, 0.5) is 0 Å². The quantitative estimate of drug-likeness (QED) is 0.434. The first-order valence-electron chi connectivity index (χ1n) is 11.2. The lowest BCUT2D eigenvalue weighted by atomic mass is 9.93. The summed E-state index contributed by atoms with van der Waals surface area (Å²) in [4.78, 5) is 28.5. The summed E-state index contributed by atoms with van der Waals surface area (Å²) in [6.45, 7) is 1.28. The van der Waals surface area contributed by atoms with Gasteiger partial charge in [0.1, 0.15) is 11.2 Å². The third-order valence-corrected chi connectivity index (χ3v) is 7.63. The predicted octanol–water partition coefficient (Wildman–Crippen LogP) is 4.10. The van der Waals surface area contributed by atoms with Gasteiger partial charge in [0.05, 0.1) is 18.3 Å². The topological polar surface area (TPSA) is 72.7 Å². The van der Waals surface area contributed by atoms with E-state index in [4.69, 9.17) is 0 Å². The molecule has 1 aliphatic carbocycles. The van der Waals surface area contributed by atoms with Gasteiger partial charge in [-0.15, -0.1) is 11.3 Å². The van der Waals surface area contributed by atoms with Crippen molar-refractivity contribution in [2.75, 3.05) is 0 Å². The minimum atomic E-state index is 0.0678. The molecule has 1 atom stereocenters. The normalized spacial score (nSPS) is 15.7. The van der Waals surface area contributed by atoms with Crippen LogP contribution in [-0.4, -0.2) is 25.6 Å². The van der Waals surface area contributed by atoms with E-state index in [2.05, 4.69) is 50.6 Å². The minimum Gasteiger partial charge on any atom is -0.309 e. The Morgan fingerprint density at radius 3 is 2.85 bits per heavy atom. The lowest BCUT2D eigenvalue weighted by molar-refractivity contribution is 0.462. The highest BCUT2D eigenvalue weighted by atomic mass is 32.1. The van der Waals surface area contributed by atoms with Crippen molar-refractivity contribution in [2.24, 2.45) is 0 Å². The highest BCUT2D eigenvalue weighted by molar-refractivity contribution is 7.18. The van der Waals surface area contributed by atoms with Crippen LogP contribution in [0.3, 0.4) is 0 Å². The maximum absolute atomic E-state index is 13.5. The number of thiophene rings is 1. The summed E-state index contributed by atoms with van der Waals surface area (Å²) >= 11 is 1.67. The molecule has 0 spiro atoms. The fraction of sp³-hybridized carbons (Fsp3) is 0.231. The van der Waals surface area contributed by atoms with Gasteiger partial charge >= 0.3 is 0 Å². The van der Waals surface area contributed by atoms with Crippen LogP contribution in [0.15, 0.2) is 72.3 Å². The van der Waals surface area contributed by atoms with Gasteiger partial charge < -0.3 is 5.32 Å². The molecule has 1 N–H and O–H groups in total. The summed E-state index contributed by atoms with van der Waals surface area (Å²) in [5.41, 5.74) is 3.48. The standard InChI is InChI=1S/C26H23N5OS/c32-26-24-22-9-8-20(29-13-17-11-27-15-28-12-17)10-23(22)33-25(24)30-16-31(26)14-19-6-3-5-18-4-1-2-7-21(18)19/h1-7,11-12,15-16,20,29H,8-10,13-14H2. The van der Waals surface area contributed by atoms with Crippen molar-refractivity contribution in [3.05, 3.63) is 99.4 Å². The summed E-state index contributed by atoms with van der Waals surface area (Å²) in [6, 6.07) is 14.9. The van der Waals surface area contributed by atoms with Gasteiger partial charge in [0.15, 0.2) is 0 Å². The summed E-state index contributed by atoms with van der Waals surface area (Å²) in [5, 5.41) is 6.80. The molecule has 5 aromatic rings. The van der Waals surface area contributed by atoms with Gasteiger partial charge in [-0.2, -0.15) is 0 Å². The SMILES string of the molecule is O=c1c2c3c(sc2ncn1Cc1cccc2ccccc12)CC(NCc1cncnc1)CC3. The van der Waals surface area contributed by atoms with Crippen LogP contribution in [-0.2, 0) is 25.9 Å².